The van der Waals surface area contributed by atoms with Crippen LogP contribution in [0.15, 0.2) is 0 Å². The Labute approximate surface area is 133 Å². The zero-order valence-electron chi connectivity index (χ0n) is 13.5. The minimum atomic E-state index is -0.438. The van der Waals surface area contributed by atoms with Gasteiger partial charge in [0.25, 0.3) is 0 Å². The molecule has 21 heavy (non-hydrogen) atoms. The Bertz CT molecular complexity index is 346. The van der Waals surface area contributed by atoms with Crippen LogP contribution in [-0.4, -0.2) is 59.0 Å². The molecule has 3 saturated heterocycles. The van der Waals surface area contributed by atoms with Crippen molar-refractivity contribution in [2.75, 3.05) is 37.7 Å². The van der Waals surface area contributed by atoms with Crippen molar-refractivity contribution >= 4 is 11.8 Å². The van der Waals surface area contributed by atoms with Crippen molar-refractivity contribution in [1.82, 2.24) is 4.90 Å². The third-order valence-corrected chi connectivity index (χ3v) is 7.03. The van der Waals surface area contributed by atoms with E-state index in [2.05, 4.69) is 11.8 Å². The van der Waals surface area contributed by atoms with Gasteiger partial charge in [0.2, 0.25) is 0 Å². The average Bonchev–Trinajstić information content (AvgIpc) is 2.83. The fourth-order valence-corrected chi connectivity index (χ4v) is 5.87. The first-order chi connectivity index (χ1) is 10.2. The smallest absolute Gasteiger partial charge is 0.0784 e. The highest BCUT2D eigenvalue weighted by Crippen LogP contribution is 2.45. The maximum absolute atomic E-state index is 11.3. The summed E-state index contributed by atoms with van der Waals surface area (Å²) in [6, 6.07) is 0. The number of hydrogen-bond acceptors (Lipinski definition) is 4. The van der Waals surface area contributed by atoms with E-state index in [1.165, 1.54) is 31.7 Å². The number of hydrogen-bond donors (Lipinski definition) is 1. The van der Waals surface area contributed by atoms with Gasteiger partial charge in [0.1, 0.15) is 0 Å². The molecule has 0 bridgehead atoms. The predicted molar refractivity (Wildman–Crippen MR) is 88.9 cm³/mol. The number of likely N-dealkylation sites (tertiary alicyclic amines) is 1. The van der Waals surface area contributed by atoms with Gasteiger partial charge in [0.15, 0.2) is 0 Å². The molecule has 0 radical (unpaired) electrons. The first-order valence-electron chi connectivity index (χ1n) is 8.82. The second-order valence-electron chi connectivity index (χ2n) is 7.32. The summed E-state index contributed by atoms with van der Waals surface area (Å²) < 4.78 is 6.14. The fourth-order valence-electron chi connectivity index (χ4n) is 4.50. The molecule has 3 atom stereocenters. The van der Waals surface area contributed by atoms with Crippen molar-refractivity contribution in [2.24, 2.45) is 5.92 Å². The molecule has 1 N–H and O–H groups in total. The van der Waals surface area contributed by atoms with E-state index in [1.54, 1.807) is 0 Å². The van der Waals surface area contributed by atoms with Crippen LogP contribution in [0.25, 0.3) is 0 Å². The normalized spacial score (nSPS) is 42.3. The maximum atomic E-state index is 11.3. The van der Waals surface area contributed by atoms with Crippen molar-refractivity contribution in [3.8, 4) is 0 Å². The number of nitrogens with zero attached hydrogens (tertiary/aromatic N) is 1. The Balaban J connectivity index is 1.64. The average molecular weight is 314 g/mol. The third kappa shape index (κ3) is 3.60. The lowest BCUT2D eigenvalue weighted by Crippen LogP contribution is -2.49. The number of aliphatic hydroxyl groups is 1. The van der Waals surface area contributed by atoms with Gasteiger partial charge in [-0.05, 0) is 69.7 Å². The molecule has 122 valence electrons. The predicted octanol–water partition coefficient (Wildman–Crippen LogP) is 2.92. The van der Waals surface area contributed by atoms with Gasteiger partial charge in [-0.3, -0.25) is 0 Å². The summed E-state index contributed by atoms with van der Waals surface area (Å²) in [5.74, 6) is 2.82. The van der Waals surface area contributed by atoms with Gasteiger partial charge in [-0.25, -0.2) is 0 Å². The summed E-state index contributed by atoms with van der Waals surface area (Å²) in [7, 11) is 0. The summed E-state index contributed by atoms with van der Waals surface area (Å²) >= 11 is 2.02. The molecule has 0 aromatic rings. The summed E-state index contributed by atoms with van der Waals surface area (Å²) in [6.07, 6.45) is 7.64. The van der Waals surface area contributed by atoms with E-state index in [0.29, 0.717) is 5.92 Å². The number of thioether (sulfide) groups is 1. The van der Waals surface area contributed by atoms with Gasteiger partial charge in [-0.1, -0.05) is 6.92 Å². The van der Waals surface area contributed by atoms with E-state index in [4.69, 9.17) is 4.74 Å². The quantitative estimate of drug-likeness (QED) is 0.868. The van der Waals surface area contributed by atoms with Crippen LogP contribution in [0.4, 0.5) is 0 Å². The Morgan fingerprint density at radius 2 is 2.19 bits per heavy atom. The molecule has 3 fully saturated rings. The third-order valence-electron chi connectivity index (χ3n) is 5.80. The molecule has 3 heterocycles. The van der Waals surface area contributed by atoms with Crippen molar-refractivity contribution < 1.29 is 9.84 Å². The number of rotatable bonds is 3. The van der Waals surface area contributed by atoms with Crippen LogP contribution in [0.1, 0.15) is 51.9 Å². The van der Waals surface area contributed by atoms with Crippen LogP contribution in [-0.2, 0) is 4.74 Å². The number of ether oxygens (including phenoxy) is 1. The molecule has 1 spiro atoms. The van der Waals surface area contributed by atoms with Crippen LogP contribution in [0, 0.1) is 5.92 Å². The first kappa shape index (κ1) is 16.1. The molecular formula is C17H31NO2S. The first-order valence-corrected chi connectivity index (χ1v) is 9.98. The van der Waals surface area contributed by atoms with Crippen molar-refractivity contribution in [1.29, 1.82) is 0 Å². The van der Waals surface area contributed by atoms with Gasteiger partial charge in [-0.2, -0.15) is 11.8 Å². The highest BCUT2D eigenvalue weighted by atomic mass is 32.2. The second-order valence-corrected chi connectivity index (χ2v) is 8.43. The van der Waals surface area contributed by atoms with E-state index < -0.39 is 5.60 Å². The van der Waals surface area contributed by atoms with E-state index >= 15 is 0 Å². The maximum Gasteiger partial charge on any atom is 0.0784 e. The SMILES string of the molecule is CCCN1CCCC(O)(C2CCOC3(CCSC3)C2)CC1. The van der Waals surface area contributed by atoms with Crippen molar-refractivity contribution in [3.05, 3.63) is 0 Å². The fraction of sp³-hybridized carbons (Fsp3) is 1.00. The minimum absolute atomic E-state index is 0.0960. The Hall–Kier alpha value is 0.230. The van der Waals surface area contributed by atoms with E-state index in [-0.39, 0.29) is 5.60 Å². The molecule has 3 nitrogen and oxygen atoms in total. The Morgan fingerprint density at radius 1 is 1.29 bits per heavy atom. The molecular weight excluding hydrogens is 282 g/mol. The van der Waals surface area contributed by atoms with Crippen LogP contribution in [0.5, 0.6) is 0 Å². The highest BCUT2D eigenvalue weighted by Gasteiger charge is 2.47. The standard InChI is InChI=1S/C17H31NO2S/c1-2-8-18-9-3-5-17(19,6-10-18)15-4-11-20-16(13-15)7-12-21-14-16/h15,19H,2-14H2,1H3. The van der Waals surface area contributed by atoms with Crippen molar-refractivity contribution in [2.45, 2.75) is 63.1 Å². The summed E-state index contributed by atoms with van der Waals surface area (Å²) in [6.45, 7) is 6.53. The minimum Gasteiger partial charge on any atom is -0.390 e. The topological polar surface area (TPSA) is 32.7 Å². The van der Waals surface area contributed by atoms with Gasteiger partial charge >= 0.3 is 0 Å². The van der Waals surface area contributed by atoms with E-state index in [0.717, 1.165) is 51.0 Å². The van der Waals surface area contributed by atoms with Crippen LogP contribution < -0.4 is 0 Å². The highest BCUT2D eigenvalue weighted by molar-refractivity contribution is 7.99. The second kappa shape index (κ2) is 6.77. The van der Waals surface area contributed by atoms with E-state index in [1.807, 2.05) is 11.8 Å². The monoisotopic (exact) mass is 313 g/mol. The summed E-state index contributed by atoms with van der Waals surface area (Å²) in [4.78, 5) is 2.54. The van der Waals surface area contributed by atoms with Gasteiger partial charge in [-0.15, -0.1) is 0 Å². The molecule has 3 aliphatic heterocycles. The lowest BCUT2D eigenvalue weighted by molar-refractivity contribution is -0.135. The summed E-state index contributed by atoms with van der Waals surface area (Å²) in [5.41, 5.74) is -0.342. The molecule has 0 aromatic carbocycles. The molecule has 0 aromatic heterocycles. The molecule has 3 rings (SSSR count). The van der Waals surface area contributed by atoms with Crippen molar-refractivity contribution in [3.63, 3.8) is 0 Å². The molecule has 0 amide bonds. The Kier molecular flexibility index (Phi) is 5.19. The molecule has 4 heteroatoms. The zero-order valence-corrected chi connectivity index (χ0v) is 14.3. The lowest BCUT2D eigenvalue weighted by Gasteiger charge is -2.45. The molecule has 3 aliphatic rings. The van der Waals surface area contributed by atoms with Crippen LogP contribution in [0.2, 0.25) is 0 Å². The Morgan fingerprint density at radius 3 is 2.95 bits per heavy atom. The van der Waals surface area contributed by atoms with Crippen LogP contribution >= 0.6 is 11.8 Å². The van der Waals surface area contributed by atoms with Crippen LogP contribution in [0.3, 0.4) is 0 Å². The van der Waals surface area contributed by atoms with Gasteiger partial charge in [0.05, 0.1) is 11.2 Å². The lowest BCUT2D eigenvalue weighted by atomic mass is 9.72. The molecule has 0 saturated carbocycles. The van der Waals surface area contributed by atoms with Gasteiger partial charge in [0, 0.05) is 18.9 Å². The molecule has 3 unspecified atom stereocenters. The zero-order chi connectivity index (χ0) is 14.8. The molecule has 0 aliphatic carbocycles. The largest absolute Gasteiger partial charge is 0.390 e. The van der Waals surface area contributed by atoms with Gasteiger partial charge < -0.3 is 14.7 Å². The summed E-state index contributed by atoms with van der Waals surface area (Å²) in [5, 5.41) is 11.3. The van der Waals surface area contributed by atoms with E-state index in [9.17, 15) is 5.11 Å².